The SMILES string of the molecule is CC(=O)NCCn1cncc1CCN. The summed E-state index contributed by atoms with van der Waals surface area (Å²) in [6.45, 7) is 3.50. The molecule has 0 fully saturated rings. The Bertz CT molecular complexity index is 295. The van der Waals surface area contributed by atoms with E-state index in [4.69, 9.17) is 5.73 Å². The van der Waals surface area contributed by atoms with Crippen molar-refractivity contribution in [1.82, 2.24) is 14.9 Å². The zero-order valence-corrected chi connectivity index (χ0v) is 8.36. The van der Waals surface area contributed by atoms with E-state index >= 15 is 0 Å². The zero-order valence-electron chi connectivity index (χ0n) is 8.36. The van der Waals surface area contributed by atoms with Gasteiger partial charge in [0.15, 0.2) is 0 Å². The molecule has 0 atom stereocenters. The number of aromatic nitrogens is 2. The summed E-state index contributed by atoms with van der Waals surface area (Å²) in [6.07, 6.45) is 4.38. The molecule has 0 bridgehead atoms. The molecule has 14 heavy (non-hydrogen) atoms. The molecule has 0 aliphatic rings. The van der Waals surface area contributed by atoms with Crippen LogP contribution in [-0.2, 0) is 17.8 Å². The van der Waals surface area contributed by atoms with Crippen molar-refractivity contribution in [2.24, 2.45) is 5.73 Å². The molecule has 5 nitrogen and oxygen atoms in total. The standard InChI is InChI=1S/C9H16N4O/c1-8(14)12-4-5-13-7-11-6-9(13)2-3-10/h6-7H,2-5,10H2,1H3,(H,12,14). The van der Waals surface area contributed by atoms with Gasteiger partial charge in [0.1, 0.15) is 0 Å². The van der Waals surface area contributed by atoms with Gasteiger partial charge in [-0.05, 0) is 6.54 Å². The minimum atomic E-state index is -0.00881. The first-order valence-electron chi connectivity index (χ1n) is 4.67. The van der Waals surface area contributed by atoms with E-state index in [1.165, 1.54) is 6.92 Å². The summed E-state index contributed by atoms with van der Waals surface area (Å²) in [5.41, 5.74) is 6.56. The van der Waals surface area contributed by atoms with Gasteiger partial charge in [-0.1, -0.05) is 0 Å². The Balaban J connectivity index is 2.41. The van der Waals surface area contributed by atoms with Gasteiger partial charge < -0.3 is 15.6 Å². The van der Waals surface area contributed by atoms with Crippen LogP contribution in [0.25, 0.3) is 0 Å². The smallest absolute Gasteiger partial charge is 0.216 e. The molecule has 1 heterocycles. The average Bonchev–Trinajstić information content (AvgIpc) is 2.53. The monoisotopic (exact) mass is 196 g/mol. The number of hydrogen-bond donors (Lipinski definition) is 2. The number of nitrogens with zero attached hydrogens (tertiary/aromatic N) is 2. The predicted molar refractivity (Wildman–Crippen MR) is 53.7 cm³/mol. The van der Waals surface area contributed by atoms with E-state index in [1.807, 2.05) is 4.57 Å². The lowest BCUT2D eigenvalue weighted by atomic mass is 10.3. The van der Waals surface area contributed by atoms with E-state index in [0.29, 0.717) is 13.1 Å². The van der Waals surface area contributed by atoms with Crippen molar-refractivity contribution in [3.05, 3.63) is 18.2 Å². The zero-order chi connectivity index (χ0) is 10.4. The molecule has 1 amide bonds. The Morgan fingerprint density at radius 2 is 2.50 bits per heavy atom. The van der Waals surface area contributed by atoms with E-state index in [-0.39, 0.29) is 5.91 Å². The molecule has 0 unspecified atom stereocenters. The molecule has 0 aliphatic carbocycles. The molecule has 0 radical (unpaired) electrons. The van der Waals surface area contributed by atoms with E-state index in [9.17, 15) is 4.79 Å². The van der Waals surface area contributed by atoms with Gasteiger partial charge in [-0.25, -0.2) is 4.98 Å². The first kappa shape index (κ1) is 10.7. The van der Waals surface area contributed by atoms with Gasteiger partial charge in [-0.3, -0.25) is 4.79 Å². The average molecular weight is 196 g/mol. The fraction of sp³-hybridized carbons (Fsp3) is 0.556. The Morgan fingerprint density at radius 3 is 3.14 bits per heavy atom. The highest BCUT2D eigenvalue weighted by Gasteiger charge is 2.00. The van der Waals surface area contributed by atoms with Gasteiger partial charge in [0.05, 0.1) is 6.33 Å². The molecule has 78 valence electrons. The van der Waals surface area contributed by atoms with Crippen molar-refractivity contribution in [3.8, 4) is 0 Å². The second kappa shape index (κ2) is 5.39. The molecular formula is C9H16N4O. The lowest BCUT2D eigenvalue weighted by Crippen LogP contribution is -2.25. The largest absolute Gasteiger partial charge is 0.355 e. The van der Waals surface area contributed by atoms with Gasteiger partial charge in [0.25, 0.3) is 0 Å². The Kier molecular flexibility index (Phi) is 4.12. The number of nitrogens with one attached hydrogen (secondary N) is 1. The van der Waals surface area contributed by atoms with Crippen molar-refractivity contribution in [1.29, 1.82) is 0 Å². The summed E-state index contributed by atoms with van der Waals surface area (Å²) in [4.78, 5) is 14.7. The topological polar surface area (TPSA) is 72.9 Å². The maximum atomic E-state index is 10.6. The van der Waals surface area contributed by atoms with Crippen molar-refractivity contribution in [3.63, 3.8) is 0 Å². The van der Waals surface area contributed by atoms with Crippen LogP contribution in [0.2, 0.25) is 0 Å². The number of carbonyl (C=O) groups excluding carboxylic acids is 1. The van der Waals surface area contributed by atoms with Crippen molar-refractivity contribution < 1.29 is 4.79 Å². The van der Waals surface area contributed by atoms with E-state index < -0.39 is 0 Å². The van der Waals surface area contributed by atoms with Crippen LogP contribution < -0.4 is 11.1 Å². The van der Waals surface area contributed by atoms with Crippen molar-refractivity contribution >= 4 is 5.91 Å². The van der Waals surface area contributed by atoms with Crippen LogP contribution in [0, 0.1) is 0 Å². The lowest BCUT2D eigenvalue weighted by molar-refractivity contribution is -0.118. The Labute approximate surface area is 83.3 Å². The molecule has 0 aromatic carbocycles. The van der Waals surface area contributed by atoms with Crippen LogP contribution in [0.1, 0.15) is 12.6 Å². The highest BCUT2D eigenvalue weighted by atomic mass is 16.1. The Morgan fingerprint density at radius 1 is 1.71 bits per heavy atom. The molecule has 1 aromatic heterocycles. The van der Waals surface area contributed by atoms with Crippen LogP contribution >= 0.6 is 0 Å². The highest BCUT2D eigenvalue weighted by molar-refractivity contribution is 5.72. The maximum Gasteiger partial charge on any atom is 0.216 e. The number of amides is 1. The van der Waals surface area contributed by atoms with Gasteiger partial charge in [0.2, 0.25) is 5.91 Å². The van der Waals surface area contributed by atoms with Crippen LogP contribution in [0.4, 0.5) is 0 Å². The van der Waals surface area contributed by atoms with E-state index in [2.05, 4.69) is 10.3 Å². The van der Waals surface area contributed by atoms with Crippen LogP contribution in [-0.4, -0.2) is 28.5 Å². The quantitative estimate of drug-likeness (QED) is 0.668. The molecule has 0 spiro atoms. The van der Waals surface area contributed by atoms with Crippen LogP contribution in [0.5, 0.6) is 0 Å². The number of carbonyl (C=O) groups is 1. The van der Waals surface area contributed by atoms with Gasteiger partial charge in [0, 0.05) is 38.3 Å². The fourth-order valence-electron chi connectivity index (χ4n) is 1.26. The second-order valence-corrected chi connectivity index (χ2v) is 3.10. The van der Waals surface area contributed by atoms with Gasteiger partial charge >= 0.3 is 0 Å². The highest BCUT2D eigenvalue weighted by Crippen LogP contribution is 1.98. The third kappa shape index (κ3) is 3.18. The fourth-order valence-corrected chi connectivity index (χ4v) is 1.26. The summed E-state index contributed by atoms with van der Waals surface area (Å²) >= 11 is 0. The van der Waals surface area contributed by atoms with Crippen LogP contribution in [0.15, 0.2) is 12.5 Å². The van der Waals surface area contributed by atoms with Crippen molar-refractivity contribution in [2.75, 3.05) is 13.1 Å². The van der Waals surface area contributed by atoms with Crippen LogP contribution in [0.3, 0.4) is 0 Å². The maximum absolute atomic E-state index is 10.6. The van der Waals surface area contributed by atoms with Gasteiger partial charge in [-0.2, -0.15) is 0 Å². The first-order valence-corrected chi connectivity index (χ1v) is 4.67. The molecule has 0 aliphatic heterocycles. The number of rotatable bonds is 5. The number of imidazole rings is 1. The summed E-state index contributed by atoms with van der Waals surface area (Å²) in [5, 5.41) is 2.73. The summed E-state index contributed by atoms with van der Waals surface area (Å²) < 4.78 is 2.00. The molecule has 1 aromatic rings. The number of nitrogens with two attached hydrogens (primary N) is 1. The summed E-state index contributed by atoms with van der Waals surface area (Å²) in [5.74, 6) is -0.00881. The molecule has 1 rings (SSSR count). The molecule has 0 saturated heterocycles. The summed E-state index contributed by atoms with van der Waals surface area (Å²) in [7, 11) is 0. The van der Waals surface area contributed by atoms with Gasteiger partial charge in [-0.15, -0.1) is 0 Å². The second-order valence-electron chi connectivity index (χ2n) is 3.10. The normalized spacial score (nSPS) is 10.1. The minimum Gasteiger partial charge on any atom is -0.355 e. The predicted octanol–water partition coefficient (Wildman–Crippen LogP) is -0.480. The third-order valence-electron chi connectivity index (χ3n) is 1.93. The molecule has 3 N–H and O–H groups in total. The van der Waals surface area contributed by atoms with E-state index in [0.717, 1.165) is 18.7 Å². The Hall–Kier alpha value is -1.36. The van der Waals surface area contributed by atoms with E-state index in [1.54, 1.807) is 12.5 Å². The van der Waals surface area contributed by atoms with Crippen molar-refractivity contribution in [2.45, 2.75) is 19.9 Å². The molecule has 5 heteroatoms. The molecular weight excluding hydrogens is 180 g/mol. The summed E-state index contributed by atoms with van der Waals surface area (Å²) in [6, 6.07) is 0. The molecule has 0 saturated carbocycles. The lowest BCUT2D eigenvalue weighted by Gasteiger charge is -2.07. The number of hydrogen-bond acceptors (Lipinski definition) is 3. The first-order chi connectivity index (χ1) is 6.74. The minimum absolute atomic E-state index is 0.00881. The third-order valence-corrected chi connectivity index (χ3v) is 1.93.